The Balaban J connectivity index is 1.73. The molecule has 1 fully saturated rings. The van der Waals surface area contributed by atoms with Crippen LogP contribution in [0.3, 0.4) is 0 Å². The highest BCUT2D eigenvalue weighted by Gasteiger charge is 2.41. The van der Waals surface area contributed by atoms with E-state index in [0.717, 1.165) is 12.1 Å². The Kier molecular flexibility index (Phi) is 8.06. The third-order valence-electron chi connectivity index (χ3n) is 4.99. The largest absolute Gasteiger partial charge is 0.403 e. The lowest BCUT2D eigenvalue weighted by Gasteiger charge is -2.39. The van der Waals surface area contributed by atoms with Crippen molar-refractivity contribution in [2.75, 3.05) is 53.4 Å². The minimum absolute atomic E-state index is 0.249. The summed E-state index contributed by atoms with van der Waals surface area (Å²) in [7, 11) is 3.65. The topological polar surface area (TPSA) is 34.1 Å². The summed E-state index contributed by atoms with van der Waals surface area (Å²) in [6, 6.07) is 4.99. The van der Waals surface area contributed by atoms with Gasteiger partial charge in [0.25, 0.3) is 0 Å². The van der Waals surface area contributed by atoms with E-state index in [1.54, 1.807) is 19.2 Å². The van der Waals surface area contributed by atoms with E-state index < -0.39 is 12.2 Å². The summed E-state index contributed by atoms with van der Waals surface area (Å²) in [6.07, 6.45) is -4.20. The highest BCUT2D eigenvalue weighted by Crippen LogP contribution is 2.25. The van der Waals surface area contributed by atoms with E-state index in [2.05, 4.69) is 15.2 Å². The molecule has 28 heavy (non-hydrogen) atoms. The van der Waals surface area contributed by atoms with Gasteiger partial charge in [0.15, 0.2) is 5.96 Å². The van der Waals surface area contributed by atoms with Crippen molar-refractivity contribution >= 4 is 5.96 Å². The smallest absolute Gasteiger partial charge is 0.355 e. The number of halogens is 4. The molecule has 158 valence electrons. The van der Waals surface area contributed by atoms with Crippen molar-refractivity contribution in [2.24, 2.45) is 4.99 Å². The van der Waals surface area contributed by atoms with Gasteiger partial charge in [-0.3, -0.25) is 9.89 Å². The number of rotatable bonds is 6. The maximum Gasteiger partial charge on any atom is 0.403 e. The Morgan fingerprint density at radius 2 is 1.79 bits per heavy atom. The van der Waals surface area contributed by atoms with Crippen molar-refractivity contribution in [3.05, 3.63) is 35.6 Å². The van der Waals surface area contributed by atoms with Gasteiger partial charge in [0, 0.05) is 52.9 Å². The second kappa shape index (κ2) is 10.1. The Morgan fingerprint density at radius 1 is 1.18 bits per heavy atom. The van der Waals surface area contributed by atoms with Crippen LogP contribution in [0.5, 0.6) is 0 Å². The van der Waals surface area contributed by atoms with Crippen molar-refractivity contribution in [2.45, 2.75) is 25.7 Å². The van der Waals surface area contributed by atoms with Crippen LogP contribution in [0, 0.1) is 5.82 Å². The highest BCUT2D eigenvalue weighted by atomic mass is 19.4. The molecule has 5 nitrogen and oxygen atoms in total. The van der Waals surface area contributed by atoms with Crippen LogP contribution in [0.15, 0.2) is 29.3 Å². The molecular weight excluding hydrogens is 374 g/mol. The number of guanidine groups is 1. The molecule has 0 amide bonds. The van der Waals surface area contributed by atoms with Crippen LogP contribution in [0.2, 0.25) is 0 Å². The number of piperazine rings is 1. The van der Waals surface area contributed by atoms with Gasteiger partial charge >= 0.3 is 6.18 Å². The molecule has 0 saturated carbocycles. The van der Waals surface area contributed by atoms with Gasteiger partial charge in [-0.15, -0.1) is 0 Å². The molecule has 0 aliphatic carbocycles. The monoisotopic (exact) mass is 403 g/mol. The Bertz CT molecular complexity index is 624. The maximum atomic E-state index is 13.0. The number of nitrogens with zero attached hydrogens (tertiary/aromatic N) is 4. The van der Waals surface area contributed by atoms with Gasteiger partial charge in [-0.1, -0.05) is 12.1 Å². The zero-order chi connectivity index (χ0) is 20.7. The van der Waals surface area contributed by atoms with Crippen LogP contribution in [0.4, 0.5) is 17.6 Å². The maximum absolute atomic E-state index is 13.0. The number of likely N-dealkylation sites (N-methyl/N-ethyl adjacent to an activating group) is 1. The summed E-state index contributed by atoms with van der Waals surface area (Å²) >= 11 is 0. The van der Waals surface area contributed by atoms with E-state index in [9.17, 15) is 17.6 Å². The molecule has 0 aromatic heterocycles. The molecule has 0 spiro atoms. The quantitative estimate of drug-likeness (QED) is 0.449. The summed E-state index contributed by atoms with van der Waals surface area (Å²) in [6.45, 7) is 5.04. The number of hydrogen-bond donors (Lipinski definition) is 1. The van der Waals surface area contributed by atoms with Gasteiger partial charge in [0.1, 0.15) is 11.9 Å². The van der Waals surface area contributed by atoms with E-state index in [-0.39, 0.29) is 5.82 Å². The van der Waals surface area contributed by atoms with Crippen molar-refractivity contribution in [3.63, 3.8) is 0 Å². The molecule has 1 unspecified atom stereocenters. The third-order valence-corrected chi connectivity index (χ3v) is 4.99. The number of nitrogens with one attached hydrogen (secondary N) is 1. The van der Waals surface area contributed by atoms with Crippen LogP contribution in [0.1, 0.15) is 12.5 Å². The van der Waals surface area contributed by atoms with Gasteiger partial charge < -0.3 is 15.1 Å². The minimum atomic E-state index is -4.20. The zero-order valence-corrected chi connectivity index (χ0v) is 16.6. The van der Waals surface area contributed by atoms with Gasteiger partial charge in [-0.05, 0) is 31.7 Å². The molecule has 1 aromatic carbocycles. The first-order chi connectivity index (χ1) is 13.2. The summed E-state index contributed by atoms with van der Waals surface area (Å²) in [5.41, 5.74) is 1.03. The molecule has 1 saturated heterocycles. The first-order valence-electron chi connectivity index (χ1n) is 9.40. The molecule has 1 aliphatic heterocycles. The average molecular weight is 403 g/mol. The number of benzene rings is 1. The molecule has 1 aromatic rings. The molecule has 1 N–H and O–H groups in total. The van der Waals surface area contributed by atoms with Crippen molar-refractivity contribution in [1.82, 2.24) is 20.0 Å². The zero-order valence-electron chi connectivity index (χ0n) is 16.6. The Hall–Kier alpha value is -1.87. The summed E-state index contributed by atoms with van der Waals surface area (Å²) in [5, 5.41) is 3.27. The third kappa shape index (κ3) is 6.63. The fourth-order valence-corrected chi connectivity index (χ4v) is 3.20. The van der Waals surface area contributed by atoms with Crippen LogP contribution < -0.4 is 5.32 Å². The second-order valence-electron chi connectivity index (χ2n) is 7.08. The summed E-state index contributed by atoms with van der Waals surface area (Å²) < 4.78 is 51.5. The molecule has 9 heteroatoms. The van der Waals surface area contributed by atoms with Gasteiger partial charge in [-0.2, -0.15) is 13.2 Å². The van der Waals surface area contributed by atoms with Gasteiger partial charge in [0.2, 0.25) is 0 Å². The second-order valence-corrected chi connectivity index (χ2v) is 7.08. The Morgan fingerprint density at radius 3 is 2.32 bits per heavy atom. The predicted molar refractivity (Wildman–Crippen MR) is 103 cm³/mol. The molecule has 0 bridgehead atoms. The summed E-state index contributed by atoms with van der Waals surface area (Å²) in [4.78, 5) is 9.80. The van der Waals surface area contributed by atoms with Crippen molar-refractivity contribution in [3.8, 4) is 0 Å². The lowest BCUT2D eigenvalue weighted by molar-refractivity contribution is -0.181. The van der Waals surface area contributed by atoms with Crippen LogP contribution in [-0.4, -0.2) is 86.2 Å². The van der Waals surface area contributed by atoms with E-state index in [1.165, 1.54) is 24.0 Å². The van der Waals surface area contributed by atoms with E-state index >= 15 is 0 Å². The lowest BCUT2D eigenvalue weighted by Crippen LogP contribution is -2.57. The van der Waals surface area contributed by atoms with Gasteiger partial charge in [0.05, 0.1) is 0 Å². The highest BCUT2D eigenvalue weighted by molar-refractivity contribution is 5.80. The normalized spacial score (nSPS) is 17.9. The molecule has 1 heterocycles. The fraction of sp³-hybridized carbons (Fsp3) is 0.632. The first kappa shape index (κ1) is 22.4. The molecule has 1 atom stereocenters. The summed E-state index contributed by atoms with van der Waals surface area (Å²) in [5.74, 6) is 0.455. The van der Waals surface area contributed by atoms with Crippen LogP contribution in [0.25, 0.3) is 0 Å². The minimum Gasteiger partial charge on any atom is -0.355 e. The average Bonchev–Trinajstić information content (AvgIpc) is 2.66. The van der Waals surface area contributed by atoms with E-state index in [4.69, 9.17) is 0 Å². The molecule has 1 aliphatic rings. The molecule has 2 rings (SSSR count). The first-order valence-corrected chi connectivity index (χ1v) is 9.40. The predicted octanol–water partition coefficient (Wildman–Crippen LogP) is 2.40. The molecular formula is C19H29F4N5. The lowest BCUT2D eigenvalue weighted by atomic mass is 10.2. The van der Waals surface area contributed by atoms with Crippen molar-refractivity contribution in [1.29, 1.82) is 0 Å². The number of aliphatic imine (C=N–C) groups is 1. The van der Waals surface area contributed by atoms with E-state index in [1.807, 2.05) is 11.9 Å². The SMILES string of the molecule is CN=C(NCCN(C)Cc1ccc(F)cc1)N1CCN(C(C)C(F)(F)F)CC1. The van der Waals surface area contributed by atoms with Crippen LogP contribution in [-0.2, 0) is 6.54 Å². The molecule has 0 radical (unpaired) electrons. The van der Waals surface area contributed by atoms with E-state index in [0.29, 0.717) is 45.2 Å². The Labute approximate surface area is 164 Å². The fourth-order valence-electron chi connectivity index (χ4n) is 3.20. The standard InChI is InChI=1S/C19H29F4N5/c1-15(19(21,22)23)27-10-12-28(13-11-27)18(24-2)25-8-9-26(3)14-16-4-6-17(20)7-5-16/h4-7,15H,8-14H2,1-3H3,(H,24,25). The van der Waals surface area contributed by atoms with Gasteiger partial charge in [-0.25, -0.2) is 4.39 Å². The number of hydrogen-bond acceptors (Lipinski definition) is 3. The van der Waals surface area contributed by atoms with Crippen molar-refractivity contribution < 1.29 is 17.6 Å². The number of alkyl halides is 3. The van der Waals surface area contributed by atoms with Crippen LogP contribution >= 0.6 is 0 Å².